The zero-order valence-corrected chi connectivity index (χ0v) is 19.5. The van der Waals surface area contributed by atoms with Crippen LogP contribution in [0.1, 0.15) is 49.1 Å². The Morgan fingerprint density at radius 2 is 1.47 bits per heavy atom. The molecule has 1 amide bonds. The molecule has 0 aliphatic carbocycles. The van der Waals surface area contributed by atoms with Crippen molar-refractivity contribution in [1.29, 1.82) is 0 Å². The second-order valence-corrected chi connectivity index (χ2v) is 8.21. The summed E-state index contributed by atoms with van der Waals surface area (Å²) in [6.45, 7) is 7.97. The van der Waals surface area contributed by atoms with Crippen LogP contribution in [0.25, 0.3) is 11.4 Å². The molecule has 0 atom stereocenters. The van der Waals surface area contributed by atoms with Crippen molar-refractivity contribution in [1.82, 2.24) is 14.6 Å². The van der Waals surface area contributed by atoms with Gasteiger partial charge in [-0.1, -0.05) is 6.07 Å². The maximum absolute atomic E-state index is 12.7. The zero-order chi connectivity index (χ0) is 24.4. The molecule has 2 aromatic carbocycles. The molecule has 4 rings (SSSR count). The number of hydrogen-bond acceptors (Lipinski definition) is 3. The molecule has 172 valence electrons. The maximum atomic E-state index is 12.7. The van der Waals surface area contributed by atoms with Crippen LogP contribution in [0.15, 0.2) is 71.8 Å². The van der Waals surface area contributed by atoms with E-state index >= 15 is 0 Å². The minimum atomic E-state index is -0.958. The van der Waals surface area contributed by atoms with E-state index in [1.54, 1.807) is 36.5 Å². The molecule has 7 nitrogen and oxygen atoms in total. The third-order valence-corrected chi connectivity index (χ3v) is 5.85. The van der Waals surface area contributed by atoms with Gasteiger partial charge in [-0.2, -0.15) is 5.10 Å². The van der Waals surface area contributed by atoms with Gasteiger partial charge in [0.2, 0.25) is 0 Å². The number of carbonyl (C=O) groups is 2. The Labute approximate surface area is 198 Å². The quantitative estimate of drug-likeness (QED) is 0.319. The van der Waals surface area contributed by atoms with E-state index in [1.165, 1.54) is 0 Å². The lowest BCUT2D eigenvalue weighted by atomic mass is 10.2. The first-order valence-electron chi connectivity index (χ1n) is 10.9. The predicted octanol–water partition coefficient (Wildman–Crippen LogP) is 4.96. The van der Waals surface area contributed by atoms with Gasteiger partial charge in [-0.15, -0.1) is 0 Å². The summed E-state index contributed by atoms with van der Waals surface area (Å²) in [6, 6.07) is 20.2. The normalized spacial score (nSPS) is 11.2. The van der Waals surface area contributed by atoms with E-state index < -0.39 is 5.97 Å². The van der Waals surface area contributed by atoms with E-state index in [1.807, 2.05) is 68.7 Å². The van der Waals surface area contributed by atoms with Crippen LogP contribution in [-0.4, -0.2) is 32.3 Å². The third kappa shape index (κ3) is 4.41. The number of carboxylic acid groups (broad SMARTS) is 1. The number of benzene rings is 2. The molecule has 0 saturated carbocycles. The molecule has 2 aromatic heterocycles. The molecular formula is C27H26N4O3. The van der Waals surface area contributed by atoms with Crippen molar-refractivity contribution >= 4 is 18.1 Å². The number of aromatic carboxylic acids is 1. The molecule has 2 heterocycles. The van der Waals surface area contributed by atoms with Crippen molar-refractivity contribution in [3.8, 4) is 11.4 Å². The summed E-state index contributed by atoms with van der Waals surface area (Å²) in [4.78, 5) is 23.8. The minimum Gasteiger partial charge on any atom is -0.478 e. The highest BCUT2D eigenvalue weighted by Gasteiger charge is 2.12. The van der Waals surface area contributed by atoms with Gasteiger partial charge in [-0.05, 0) is 88.4 Å². The van der Waals surface area contributed by atoms with Crippen LogP contribution in [-0.2, 0) is 0 Å². The Hall–Kier alpha value is -4.39. The monoisotopic (exact) mass is 454 g/mol. The molecule has 0 unspecified atom stereocenters. The highest BCUT2D eigenvalue weighted by molar-refractivity contribution is 5.95. The van der Waals surface area contributed by atoms with Crippen LogP contribution >= 0.6 is 0 Å². The van der Waals surface area contributed by atoms with Crippen molar-refractivity contribution in [2.24, 2.45) is 5.10 Å². The largest absolute Gasteiger partial charge is 0.478 e. The summed E-state index contributed by atoms with van der Waals surface area (Å²) < 4.78 is 4.11. The molecule has 7 heteroatoms. The number of aromatic nitrogens is 2. The summed E-state index contributed by atoms with van der Waals surface area (Å²) in [7, 11) is 0. The van der Waals surface area contributed by atoms with Crippen molar-refractivity contribution in [3.63, 3.8) is 0 Å². The molecule has 4 aromatic rings. The number of carboxylic acids is 1. The average Bonchev–Trinajstić information content (AvgIpc) is 3.30. The van der Waals surface area contributed by atoms with Gasteiger partial charge in [0.25, 0.3) is 5.91 Å². The lowest BCUT2D eigenvalue weighted by Gasteiger charge is -2.10. The van der Waals surface area contributed by atoms with Gasteiger partial charge < -0.3 is 14.2 Å². The molecule has 0 fully saturated rings. The number of hydrazone groups is 1. The van der Waals surface area contributed by atoms with Gasteiger partial charge in [0.1, 0.15) is 0 Å². The lowest BCUT2D eigenvalue weighted by molar-refractivity contribution is 0.0696. The number of nitrogens with zero attached hydrogens (tertiary/aromatic N) is 3. The van der Waals surface area contributed by atoms with Gasteiger partial charge in [0.05, 0.1) is 11.8 Å². The SMILES string of the molecule is Cc1ccc(C)n1-c1cccc(C(=O)N/N=C/c2cc(C)n(-c3ccc(C(=O)O)cc3)c2C)c1. The Balaban J connectivity index is 1.51. The fourth-order valence-electron chi connectivity index (χ4n) is 4.16. The lowest BCUT2D eigenvalue weighted by Crippen LogP contribution is -2.18. The number of amides is 1. The molecule has 0 aliphatic heterocycles. The molecule has 0 radical (unpaired) electrons. The highest BCUT2D eigenvalue weighted by Crippen LogP contribution is 2.21. The molecule has 0 bridgehead atoms. The summed E-state index contributed by atoms with van der Waals surface area (Å²) in [5.74, 6) is -1.25. The van der Waals surface area contributed by atoms with Gasteiger partial charge >= 0.3 is 5.97 Å². The molecule has 34 heavy (non-hydrogen) atoms. The number of carbonyl (C=O) groups excluding carboxylic acids is 1. The topological polar surface area (TPSA) is 88.6 Å². The van der Waals surface area contributed by atoms with Crippen LogP contribution in [0.5, 0.6) is 0 Å². The fraction of sp³-hybridized carbons (Fsp3) is 0.148. The van der Waals surface area contributed by atoms with E-state index in [4.69, 9.17) is 5.11 Å². The van der Waals surface area contributed by atoms with Crippen LogP contribution in [0, 0.1) is 27.7 Å². The Morgan fingerprint density at radius 1 is 0.794 bits per heavy atom. The predicted molar refractivity (Wildman–Crippen MR) is 133 cm³/mol. The average molecular weight is 455 g/mol. The number of nitrogens with one attached hydrogen (secondary N) is 1. The van der Waals surface area contributed by atoms with Gasteiger partial charge in [0.15, 0.2) is 0 Å². The van der Waals surface area contributed by atoms with E-state index in [-0.39, 0.29) is 11.5 Å². The van der Waals surface area contributed by atoms with E-state index in [9.17, 15) is 9.59 Å². The van der Waals surface area contributed by atoms with Crippen molar-refractivity contribution in [2.45, 2.75) is 27.7 Å². The minimum absolute atomic E-state index is 0.238. The fourth-order valence-corrected chi connectivity index (χ4v) is 4.16. The van der Waals surface area contributed by atoms with Crippen LogP contribution in [0.4, 0.5) is 0 Å². The van der Waals surface area contributed by atoms with Crippen LogP contribution < -0.4 is 5.43 Å². The van der Waals surface area contributed by atoms with E-state index in [0.29, 0.717) is 5.56 Å². The first-order chi connectivity index (χ1) is 16.3. The third-order valence-electron chi connectivity index (χ3n) is 5.85. The van der Waals surface area contributed by atoms with Crippen LogP contribution in [0.3, 0.4) is 0 Å². The highest BCUT2D eigenvalue weighted by atomic mass is 16.4. The Kier molecular flexibility index (Phi) is 6.19. The number of hydrogen-bond donors (Lipinski definition) is 2. The van der Waals surface area contributed by atoms with Crippen molar-refractivity contribution in [2.75, 3.05) is 0 Å². The molecule has 0 saturated heterocycles. The maximum Gasteiger partial charge on any atom is 0.335 e. The number of rotatable bonds is 6. The van der Waals surface area contributed by atoms with Gasteiger partial charge in [-0.25, -0.2) is 10.2 Å². The molecule has 2 N–H and O–H groups in total. The summed E-state index contributed by atoms with van der Waals surface area (Å²) >= 11 is 0. The molecule has 0 aliphatic rings. The summed E-state index contributed by atoms with van der Waals surface area (Å²) in [6.07, 6.45) is 1.62. The van der Waals surface area contributed by atoms with Crippen molar-refractivity contribution in [3.05, 3.63) is 106 Å². The smallest absolute Gasteiger partial charge is 0.335 e. The second kappa shape index (κ2) is 9.23. The first kappa shape index (κ1) is 22.8. The first-order valence-corrected chi connectivity index (χ1v) is 10.9. The van der Waals surface area contributed by atoms with Crippen molar-refractivity contribution < 1.29 is 14.7 Å². The summed E-state index contributed by atoms with van der Waals surface area (Å²) in [5.41, 5.74) is 10.1. The van der Waals surface area contributed by atoms with E-state index in [2.05, 4.69) is 15.1 Å². The number of aryl methyl sites for hydroxylation is 3. The van der Waals surface area contributed by atoms with Gasteiger partial charge in [-0.3, -0.25) is 4.79 Å². The standard InChI is InChI=1S/C27H26N4O3/c1-17-8-9-18(2)30(17)25-7-5-6-22(15-25)26(32)29-28-16-23-14-19(3)31(20(23)4)24-12-10-21(11-13-24)27(33)34/h5-16H,1-4H3,(H,29,32)(H,33,34)/b28-16+. The van der Waals surface area contributed by atoms with E-state index in [0.717, 1.165) is 39.7 Å². The Morgan fingerprint density at radius 3 is 2.12 bits per heavy atom. The molecule has 0 spiro atoms. The second-order valence-electron chi connectivity index (χ2n) is 8.21. The zero-order valence-electron chi connectivity index (χ0n) is 19.5. The van der Waals surface area contributed by atoms with Crippen LogP contribution in [0.2, 0.25) is 0 Å². The molecular weight excluding hydrogens is 428 g/mol. The van der Waals surface area contributed by atoms with Gasteiger partial charge in [0, 0.05) is 45.3 Å². The summed E-state index contributed by atoms with van der Waals surface area (Å²) in [5, 5.41) is 13.3. The Bertz CT molecular complexity index is 1390.